The summed E-state index contributed by atoms with van der Waals surface area (Å²) in [6, 6.07) is 0. The van der Waals surface area contributed by atoms with Crippen molar-refractivity contribution in [3.05, 3.63) is 0 Å². The average Bonchev–Trinajstić information content (AvgIpc) is 0.896. The van der Waals surface area contributed by atoms with Crippen LogP contribution in [0.4, 0.5) is 0 Å². The SMILES string of the molecule is CCCCCCCCCCCCCCCCCCCCCCCCC(=O)OC[C@H](COP(=O)(O)OC[C@@H](O)COP(=O)(O)OC[C@@H](COC(=O)CCCCCCCCCCCC(C)C)OC(=O)CCCCCCCCCCCCCCCCCCC)OC(=O)CCCCCCCCCCCCCCCCCCCCC(C)CC. The van der Waals surface area contributed by atoms with Crippen molar-refractivity contribution in [3.8, 4) is 0 Å². The molecule has 113 heavy (non-hydrogen) atoms. The molecule has 6 atom stereocenters. The minimum absolute atomic E-state index is 0.109. The summed E-state index contributed by atoms with van der Waals surface area (Å²) in [5.41, 5.74) is 0. The molecule has 3 unspecified atom stereocenters. The molecule has 0 rings (SSSR count). The van der Waals surface area contributed by atoms with Crippen LogP contribution in [0.5, 0.6) is 0 Å². The Balaban J connectivity index is 5.24. The van der Waals surface area contributed by atoms with Crippen LogP contribution in [0.3, 0.4) is 0 Å². The first-order valence-electron chi connectivity index (χ1n) is 48.5. The smallest absolute Gasteiger partial charge is 0.462 e. The molecule has 0 radical (unpaired) electrons. The van der Waals surface area contributed by atoms with Gasteiger partial charge in [-0.3, -0.25) is 37.3 Å². The molecule has 0 amide bonds. The predicted molar refractivity (Wildman–Crippen MR) is 469 cm³/mol. The van der Waals surface area contributed by atoms with Gasteiger partial charge >= 0.3 is 39.5 Å². The highest BCUT2D eigenvalue weighted by atomic mass is 31.2. The minimum Gasteiger partial charge on any atom is -0.462 e. The molecule has 19 heteroatoms. The normalized spacial score (nSPS) is 13.9. The van der Waals surface area contributed by atoms with E-state index in [0.717, 1.165) is 102 Å². The van der Waals surface area contributed by atoms with Crippen LogP contribution in [0, 0.1) is 11.8 Å². The summed E-state index contributed by atoms with van der Waals surface area (Å²) in [5, 5.41) is 10.7. The van der Waals surface area contributed by atoms with Crippen LogP contribution in [0.15, 0.2) is 0 Å². The number of aliphatic hydroxyl groups excluding tert-OH is 1. The number of unbranched alkanes of at least 4 members (excludes halogenated alkanes) is 62. The number of carbonyl (C=O) groups excluding carboxylic acids is 4. The summed E-state index contributed by atoms with van der Waals surface area (Å²) >= 11 is 0. The van der Waals surface area contributed by atoms with Gasteiger partial charge in [-0.25, -0.2) is 9.13 Å². The molecule has 0 spiro atoms. The van der Waals surface area contributed by atoms with Gasteiger partial charge in [0.25, 0.3) is 0 Å². The summed E-state index contributed by atoms with van der Waals surface area (Å²) in [6.07, 6.45) is 80.7. The largest absolute Gasteiger partial charge is 0.472 e. The van der Waals surface area contributed by atoms with Crippen molar-refractivity contribution >= 4 is 39.5 Å². The fourth-order valence-electron chi connectivity index (χ4n) is 14.8. The second-order valence-corrected chi connectivity index (χ2v) is 37.4. The van der Waals surface area contributed by atoms with Crippen LogP contribution >= 0.6 is 15.6 Å². The van der Waals surface area contributed by atoms with E-state index < -0.39 is 97.5 Å². The Hall–Kier alpha value is -1.94. The molecule has 0 fully saturated rings. The lowest BCUT2D eigenvalue weighted by Crippen LogP contribution is -2.30. The van der Waals surface area contributed by atoms with Crippen molar-refractivity contribution in [2.24, 2.45) is 11.8 Å². The van der Waals surface area contributed by atoms with Gasteiger partial charge < -0.3 is 33.8 Å². The van der Waals surface area contributed by atoms with Crippen LogP contribution in [-0.4, -0.2) is 96.7 Å². The Kier molecular flexibility index (Phi) is 83.6. The lowest BCUT2D eigenvalue weighted by molar-refractivity contribution is -0.161. The molecule has 0 aliphatic carbocycles. The van der Waals surface area contributed by atoms with Crippen molar-refractivity contribution in [1.29, 1.82) is 0 Å². The standard InChI is InChI=1S/C94H184O17P2/c1-7-10-12-14-16-18-20-22-24-26-27-28-29-30-35-38-42-46-52-58-64-70-76-91(96)104-82-89(110-93(98)79-73-67-61-54-48-44-40-36-32-31-34-37-41-45-51-57-63-69-75-87(6)9-3)84-108-112(100,101)106-80-88(95)81-107-113(102,103)109-85-90(83-105-92(97)77-71-65-59-55-49-50-56-62-68-74-86(4)5)111-94(99)78-72-66-60-53-47-43-39-33-25-23-21-19-17-15-13-11-8-2/h86-90,95H,7-85H2,1-6H3,(H,100,101)(H,102,103)/t87?,88-,89-,90-/m1/s1. The number of carbonyl (C=O) groups is 4. The molecule has 3 N–H and O–H groups in total. The number of phosphoric acid groups is 2. The molecular weight excluding hydrogens is 1460 g/mol. The maximum absolute atomic E-state index is 13.2. The second kappa shape index (κ2) is 85.1. The van der Waals surface area contributed by atoms with E-state index in [9.17, 15) is 43.2 Å². The van der Waals surface area contributed by atoms with Gasteiger partial charge in [0.2, 0.25) is 0 Å². The number of ether oxygens (including phenoxy) is 4. The van der Waals surface area contributed by atoms with Gasteiger partial charge in [0.1, 0.15) is 19.3 Å². The molecule has 17 nitrogen and oxygen atoms in total. The van der Waals surface area contributed by atoms with Gasteiger partial charge in [-0.05, 0) is 37.5 Å². The molecule has 0 bridgehead atoms. The fourth-order valence-corrected chi connectivity index (χ4v) is 16.4. The molecule has 0 aromatic heterocycles. The predicted octanol–water partition coefficient (Wildman–Crippen LogP) is 29.4. The van der Waals surface area contributed by atoms with Gasteiger partial charge in [0.15, 0.2) is 12.2 Å². The summed E-state index contributed by atoms with van der Waals surface area (Å²) in [7, 11) is -9.94. The number of hydrogen-bond donors (Lipinski definition) is 3. The third kappa shape index (κ3) is 86.3. The average molecular weight is 1650 g/mol. The third-order valence-electron chi connectivity index (χ3n) is 22.6. The first kappa shape index (κ1) is 111. The molecule has 0 aliphatic heterocycles. The van der Waals surface area contributed by atoms with Gasteiger partial charge in [-0.15, -0.1) is 0 Å². The van der Waals surface area contributed by atoms with E-state index in [1.807, 2.05) is 0 Å². The highest BCUT2D eigenvalue weighted by molar-refractivity contribution is 7.47. The van der Waals surface area contributed by atoms with Crippen LogP contribution in [0.25, 0.3) is 0 Å². The molecule has 0 aromatic carbocycles. The lowest BCUT2D eigenvalue weighted by atomic mass is 9.99. The minimum atomic E-state index is -4.97. The third-order valence-corrected chi connectivity index (χ3v) is 24.5. The number of rotatable bonds is 93. The summed E-state index contributed by atoms with van der Waals surface area (Å²) in [4.78, 5) is 73.5. The first-order valence-corrected chi connectivity index (χ1v) is 51.5. The Labute approximate surface area is 696 Å². The van der Waals surface area contributed by atoms with E-state index in [4.69, 9.17) is 37.0 Å². The first-order chi connectivity index (χ1) is 54.9. The van der Waals surface area contributed by atoms with E-state index >= 15 is 0 Å². The molecule has 672 valence electrons. The van der Waals surface area contributed by atoms with Gasteiger partial charge in [-0.1, -0.05) is 459 Å². The highest BCUT2D eigenvalue weighted by Gasteiger charge is 2.31. The maximum Gasteiger partial charge on any atom is 0.472 e. The van der Waals surface area contributed by atoms with Crippen LogP contribution in [-0.2, 0) is 65.4 Å². The molecule has 0 aliphatic rings. The number of phosphoric ester groups is 2. The number of hydrogen-bond acceptors (Lipinski definition) is 15. The topological polar surface area (TPSA) is 237 Å². The zero-order chi connectivity index (χ0) is 82.7. The van der Waals surface area contributed by atoms with Crippen LogP contribution < -0.4 is 0 Å². The molecule has 0 saturated heterocycles. The van der Waals surface area contributed by atoms with Crippen molar-refractivity contribution in [2.75, 3.05) is 39.6 Å². The van der Waals surface area contributed by atoms with Crippen molar-refractivity contribution in [2.45, 2.75) is 529 Å². The van der Waals surface area contributed by atoms with E-state index in [1.54, 1.807) is 0 Å². The Morgan fingerprint density at radius 1 is 0.257 bits per heavy atom. The second-order valence-electron chi connectivity index (χ2n) is 34.5. The van der Waals surface area contributed by atoms with Crippen LogP contribution in [0.1, 0.15) is 510 Å². The summed E-state index contributed by atoms with van der Waals surface area (Å²) in [5.74, 6) is -0.478. The quantitative estimate of drug-likeness (QED) is 0.0222. The monoisotopic (exact) mass is 1650 g/mol. The zero-order valence-electron chi connectivity index (χ0n) is 74.7. The van der Waals surface area contributed by atoms with Crippen molar-refractivity contribution in [1.82, 2.24) is 0 Å². The summed E-state index contributed by atoms with van der Waals surface area (Å²) in [6.45, 7) is 9.77. The Morgan fingerprint density at radius 2 is 0.451 bits per heavy atom. The van der Waals surface area contributed by atoms with E-state index in [1.165, 1.54) is 327 Å². The maximum atomic E-state index is 13.2. The van der Waals surface area contributed by atoms with Crippen molar-refractivity contribution in [3.63, 3.8) is 0 Å². The lowest BCUT2D eigenvalue weighted by Gasteiger charge is -2.21. The van der Waals surface area contributed by atoms with Gasteiger partial charge in [0, 0.05) is 25.7 Å². The highest BCUT2D eigenvalue weighted by Crippen LogP contribution is 2.45. The Morgan fingerprint density at radius 3 is 0.673 bits per heavy atom. The molecule has 0 aromatic rings. The number of aliphatic hydroxyl groups is 1. The van der Waals surface area contributed by atoms with E-state index in [2.05, 4.69) is 41.5 Å². The van der Waals surface area contributed by atoms with Gasteiger partial charge in [0.05, 0.1) is 26.4 Å². The fraction of sp³-hybridized carbons (Fsp3) is 0.957. The van der Waals surface area contributed by atoms with E-state index in [-0.39, 0.29) is 25.7 Å². The van der Waals surface area contributed by atoms with Gasteiger partial charge in [-0.2, -0.15) is 0 Å². The van der Waals surface area contributed by atoms with Crippen LogP contribution in [0.2, 0.25) is 0 Å². The zero-order valence-corrected chi connectivity index (χ0v) is 76.5. The summed E-state index contributed by atoms with van der Waals surface area (Å²) < 4.78 is 69.2. The number of esters is 4. The molecule has 0 saturated carbocycles. The van der Waals surface area contributed by atoms with E-state index in [0.29, 0.717) is 25.7 Å². The molecule has 0 heterocycles. The Bertz CT molecular complexity index is 2150. The van der Waals surface area contributed by atoms with Crippen molar-refractivity contribution < 1.29 is 80.2 Å². The molecular formula is C94H184O17P2.